The number of rotatable bonds is 4. The standard InChI is InChI=1S/C17H34N2/c1-13(2)18-11-16-6-5-9-19(12-16)17-8-7-14(3)15(4)10-17/h13-18H,5-12H2,1-4H3. The highest BCUT2D eigenvalue weighted by molar-refractivity contribution is 4.85. The third kappa shape index (κ3) is 4.46. The van der Waals surface area contributed by atoms with Crippen molar-refractivity contribution < 1.29 is 0 Å². The van der Waals surface area contributed by atoms with Gasteiger partial charge in [-0.2, -0.15) is 0 Å². The summed E-state index contributed by atoms with van der Waals surface area (Å²) in [5.41, 5.74) is 0. The van der Waals surface area contributed by atoms with Crippen LogP contribution in [0, 0.1) is 17.8 Å². The second kappa shape index (κ2) is 7.08. The van der Waals surface area contributed by atoms with E-state index in [-0.39, 0.29) is 0 Å². The fraction of sp³-hybridized carbons (Fsp3) is 1.00. The van der Waals surface area contributed by atoms with Crippen molar-refractivity contribution in [2.45, 2.75) is 71.9 Å². The topological polar surface area (TPSA) is 15.3 Å². The molecule has 0 amide bonds. The molecular formula is C17H34N2. The summed E-state index contributed by atoms with van der Waals surface area (Å²) in [5.74, 6) is 2.75. The number of nitrogens with zero attached hydrogens (tertiary/aromatic N) is 1. The molecule has 4 unspecified atom stereocenters. The molecule has 1 heterocycles. The van der Waals surface area contributed by atoms with Crippen LogP contribution in [-0.2, 0) is 0 Å². The number of piperidine rings is 1. The van der Waals surface area contributed by atoms with Crippen LogP contribution >= 0.6 is 0 Å². The molecule has 2 heteroatoms. The average Bonchev–Trinajstić information content (AvgIpc) is 2.40. The minimum atomic E-state index is 0.630. The Hall–Kier alpha value is -0.0800. The Morgan fingerprint density at radius 1 is 1.11 bits per heavy atom. The zero-order valence-electron chi connectivity index (χ0n) is 13.5. The smallest absolute Gasteiger partial charge is 0.00981 e. The van der Waals surface area contributed by atoms with Crippen LogP contribution in [0.1, 0.15) is 59.8 Å². The Balaban J connectivity index is 1.80. The maximum absolute atomic E-state index is 3.63. The molecule has 2 fully saturated rings. The zero-order chi connectivity index (χ0) is 13.8. The molecule has 1 N–H and O–H groups in total. The molecular weight excluding hydrogens is 232 g/mol. The van der Waals surface area contributed by atoms with Crippen molar-refractivity contribution in [1.29, 1.82) is 0 Å². The van der Waals surface area contributed by atoms with Gasteiger partial charge in [0, 0.05) is 18.6 Å². The van der Waals surface area contributed by atoms with Crippen LogP contribution in [0.4, 0.5) is 0 Å². The van der Waals surface area contributed by atoms with Gasteiger partial charge in [-0.15, -0.1) is 0 Å². The van der Waals surface area contributed by atoms with Crippen LogP contribution in [-0.4, -0.2) is 36.6 Å². The van der Waals surface area contributed by atoms with Crippen molar-refractivity contribution in [2.75, 3.05) is 19.6 Å². The van der Waals surface area contributed by atoms with Gasteiger partial charge >= 0.3 is 0 Å². The first-order valence-electron chi connectivity index (χ1n) is 8.53. The first kappa shape index (κ1) is 15.3. The monoisotopic (exact) mass is 266 g/mol. The van der Waals surface area contributed by atoms with E-state index in [2.05, 4.69) is 37.9 Å². The molecule has 0 spiro atoms. The summed E-state index contributed by atoms with van der Waals surface area (Å²) < 4.78 is 0. The van der Waals surface area contributed by atoms with E-state index in [1.807, 2.05) is 0 Å². The molecule has 0 aromatic heterocycles. The van der Waals surface area contributed by atoms with E-state index in [4.69, 9.17) is 0 Å². The maximum Gasteiger partial charge on any atom is 0.00981 e. The fourth-order valence-corrected chi connectivity index (χ4v) is 3.85. The summed E-state index contributed by atoms with van der Waals surface area (Å²) in [7, 11) is 0. The molecule has 0 aromatic rings. The van der Waals surface area contributed by atoms with Crippen LogP contribution in [0.2, 0.25) is 0 Å². The highest BCUT2D eigenvalue weighted by Crippen LogP contribution is 2.33. The molecule has 2 rings (SSSR count). The van der Waals surface area contributed by atoms with Gasteiger partial charge in [-0.1, -0.05) is 27.7 Å². The van der Waals surface area contributed by atoms with Crippen LogP contribution in [0.15, 0.2) is 0 Å². The highest BCUT2D eigenvalue weighted by Gasteiger charge is 2.31. The number of hydrogen-bond donors (Lipinski definition) is 1. The van der Waals surface area contributed by atoms with Gasteiger partial charge in [0.05, 0.1) is 0 Å². The minimum Gasteiger partial charge on any atom is -0.314 e. The van der Waals surface area contributed by atoms with Gasteiger partial charge in [0.2, 0.25) is 0 Å². The Labute approximate surface area is 120 Å². The zero-order valence-corrected chi connectivity index (χ0v) is 13.5. The van der Waals surface area contributed by atoms with Crippen molar-refractivity contribution in [3.05, 3.63) is 0 Å². The van der Waals surface area contributed by atoms with Crippen molar-refractivity contribution >= 4 is 0 Å². The highest BCUT2D eigenvalue weighted by atomic mass is 15.2. The van der Waals surface area contributed by atoms with Crippen molar-refractivity contribution in [3.8, 4) is 0 Å². The molecule has 0 aromatic carbocycles. The number of hydrogen-bond acceptors (Lipinski definition) is 2. The summed E-state index contributed by atoms with van der Waals surface area (Å²) in [4.78, 5) is 2.82. The SMILES string of the molecule is CC(C)NCC1CCCN(C2CCC(C)C(C)C2)C1. The van der Waals surface area contributed by atoms with E-state index < -0.39 is 0 Å². The molecule has 4 atom stereocenters. The van der Waals surface area contributed by atoms with Gasteiger partial charge in [-0.05, 0) is 62.9 Å². The van der Waals surface area contributed by atoms with Gasteiger partial charge in [-0.3, -0.25) is 0 Å². The summed E-state index contributed by atoms with van der Waals surface area (Å²) in [6.45, 7) is 13.3. The van der Waals surface area contributed by atoms with Gasteiger partial charge < -0.3 is 10.2 Å². The molecule has 2 aliphatic rings. The molecule has 19 heavy (non-hydrogen) atoms. The van der Waals surface area contributed by atoms with Crippen LogP contribution < -0.4 is 5.32 Å². The van der Waals surface area contributed by atoms with Crippen molar-refractivity contribution in [2.24, 2.45) is 17.8 Å². The molecule has 0 bridgehead atoms. The lowest BCUT2D eigenvalue weighted by molar-refractivity contribution is 0.0689. The number of likely N-dealkylation sites (tertiary alicyclic amines) is 1. The summed E-state index contributed by atoms with van der Waals surface area (Å²) in [6.07, 6.45) is 7.15. The summed E-state index contributed by atoms with van der Waals surface area (Å²) in [5, 5.41) is 3.63. The summed E-state index contributed by atoms with van der Waals surface area (Å²) >= 11 is 0. The molecule has 0 radical (unpaired) electrons. The normalized spacial score (nSPS) is 37.7. The fourth-order valence-electron chi connectivity index (χ4n) is 3.85. The van der Waals surface area contributed by atoms with Gasteiger partial charge in [0.25, 0.3) is 0 Å². The minimum absolute atomic E-state index is 0.630. The lowest BCUT2D eigenvalue weighted by Crippen LogP contribution is -2.47. The molecule has 1 aliphatic carbocycles. The lowest BCUT2D eigenvalue weighted by atomic mass is 9.78. The molecule has 2 nitrogen and oxygen atoms in total. The third-order valence-electron chi connectivity index (χ3n) is 5.45. The Bertz CT molecular complexity index is 264. The largest absolute Gasteiger partial charge is 0.314 e. The first-order chi connectivity index (χ1) is 9.06. The van der Waals surface area contributed by atoms with Crippen molar-refractivity contribution in [3.63, 3.8) is 0 Å². The lowest BCUT2D eigenvalue weighted by Gasteiger charge is -2.43. The van der Waals surface area contributed by atoms with Gasteiger partial charge in [-0.25, -0.2) is 0 Å². The summed E-state index contributed by atoms with van der Waals surface area (Å²) in [6, 6.07) is 1.51. The van der Waals surface area contributed by atoms with E-state index in [0.717, 1.165) is 23.8 Å². The van der Waals surface area contributed by atoms with E-state index in [0.29, 0.717) is 6.04 Å². The van der Waals surface area contributed by atoms with Crippen LogP contribution in [0.3, 0.4) is 0 Å². The Kier molecular flexibility index (Phi) is 5.70. The molecule has 1 saturated carbocycles. The Morgan fingerprint density at radius 3 is 2.58 bits per heavy atom. The quantitative estimate of drug-likeness (QED) is 0.837. The number of nitrogens with one attached hydrogen (secondary N) is 1. The van der Waals surface area contributed by atoms with Crippen molar-refractivity contribution in [1.82, 2.24) is 10.2 Å². The van der Waals surface area contributed by atoms with Crippen LogP contribution in [0.25, 0.3) is 0 Å². The first-order valence-corrected chi connectivity index (χ1v) is 8.53. The Morgan fingerprint density at radius 2 is 1.89 bits per heavy atom. The van der Waals surface area contributed by atoms with E-state index in [9.17, 15) is 0 Å². The molecule has 1 aliphatic heterocycles. The average molecular weight is 266 g/mol. The third-order valence-corrected chi connectivity index (χ3v) is 5.45. The second-order valence-corrected chi connectivity index (χ2v) is 7.49. The predicted octanol–water partition coefficient (Wildman–Crippen LogP) is 3.52. The van der Waals surface area contributed by atoms with E-state index in [1.165, 1.54) is 51.7 Å². The van der Waals surface area contributed by atoms with Crippen LogP contribution in [0.5, 0.6) is 0 Å². The predicted molar refractivity (Wildman–Crippen MR) is 83.4 cm³/mol. The maximum atomic E-state index is 3.63. The van der Waals surface area contributed by atoms with E-state index in [1.54, 1.807) is 0 Å². The van der Waals surface area contributed by atoms with E-state index >= 15 is 0 Å². The molecule has 112 valence electrons. The second-order valence-electron chi connectivity index (χ2n) is 7.49. The van der Waals surface area contributed by atoms with Gasteiger partial charge in [0.1, 0.15) is 0 Å². The molecule has 1 saturated heterocycles. The van der Waals surface area contributed by atoms with Gasteiger partial charge in [0.15, 0.2) is 0 Å².